The summed E-state index contributed by atoms with van der Waals surface area (Å²) >= 11 is 3.34. The van der Waals surface area contributed by atoms with E-state index in [0.717, 1.165) is 21.6 Å². The number of furan rings is 1. The molecule has 1 aliphatic heterocycles. The molecule has 1 aromatic heterocycles. The Labute approximate surface area is 131 Å². The van der Waals surface area contributed by atoms with Crippen LogP contribution in [0.5, 0.6) is 0 Å². The molecule has 0 N–H and O–H groups in total. The Balaban J connectivity index is 1.65. The van der Waals surface area contributed by atoms with Crippen molar-refractivity contribution in [3.63, 3.8) is 0 Å². The molecule has 0 atom stereocenters. The van der Waals surface area contributed by atoms with Crippen molar-refractivity contribution in [3.05, 3.63) is 53.5 Å². The molecule has 0 spiro atoms. The van der Waals surface area contributed by atoms with Crippen molar-refractivity contribution in [3.8, 4) is 0 Å². The van der Waals surface area contributed by atoms with E-state index in [1.807, 2.05) is 18.2 Å². The van der Waals surface area contributed by atoms with Crippen LogP contribution in [0.4, 0.5) is 5.69 Å². The molecule has 0 radical (unpaired) electrons. The van der Waals surface area contributed by atoms with Gasteiger partial charge in [-0.15, -0.1) is 0 Å². The fourth-order valence-electron chi connectivity index (χ4n) is 1.88. The number of rotatable bonds is 3. The maximum Gasteiger partial charge on any atom is 0.373 e. The van der Waals surface area contributed by atoms with Gasteiger partial charge in [0.25, 0.3) is 0 Å². The zero-order valence-corrected chi connectivity index (χ0v) is 13.0. The number of carbonyl (C=O) groups excluding carboxylic acids is 1. The smallest absolute Gasteiger partial charge is 0.373 e. The van der Waals surface area contributed by atoms with Crippen LogP contribution in [0.1, 0.15) is 21.9 Å². The lowest BCUT2D eigenvalue weighted by Gasteiger charge is -2.13. The van der Waals surface area contributed by atoms with E-state index >= 15 is 0 Å². The van der Waals surface area contributed by atoms with Crippen molar-refractivity contribution in [2.75, 3.05) is 7.11 Å². The highest BCUT2D eigenvalue weighted by Crippen LogP contribution is 2.35. The lowest BCUT2D eigenvalue weighted by molar-refractivity contribution is 0.0563. The summed E-state index contributed by atoms with van der Waals surface area (Å²) in [5, 5.41) is 0. The molecular formula is C15H13NO3S2. The Morgan fingerprint density at radius 3 is 3.10 bits per heavy atom. The van der Waals surface area contributed by atoms with Crippen LogP contribution < -0.4 is 0 Å². The SMILES string of the molecule is COC(=O)c1ccc(CSC2=Nc3ccccc3CS2)o1. The summed E-state index contributed by atoms with van der Waals surface area (Å²) in [5.74, 6) is 2.10. The minimum Gasteiger partial charge on any atom is -0.463 e. The van der Waals surface area contributed by atoms with E-state index in [9.17, 15) is 4.79 Å². The molecule has 1 aromatic carbocycles. The highest BCUT2D eigenvalue weighted by molar-refractivity contribution is 8.38. The summed E-state index contributed by atoms with van der Waals surface area (Å²) < 4.78 is 11.1. The van der Waals surface area contributed by atoms with Crippen LogP contribution in [0.15, 0.2) is 45.8 Å². The fourth-order valence-corrected chi connectivity index (χ4v) is 3.84. The molecule has 2 aromatic rings. The Hall–Kier alpha value is -1.66. The van der Waals surface area contributed by atoms with E-state index < -0.39 is 5.97 Å². The molecule has 3 rings (SSSR count). The Morgan fingerprint density at radius 1 is 1.38 bits per heavy atom. The van der Waals surface area contributed by atoms with E-state index in [1.54, 1.807) is 35.7 Å². The highest BCUT2D eigenvalue weighted by atomic mass is 32.2. The van der Waals surface area contributed by atoms with Crippen molar-refractivity contribution < 1.29 is 13.9 Å². The average molecular weight is 319 g/mol. The van der Waals surface area contributed by atoms with Gasteiger partial charge in [-0.25, -0.2) is 9.79 Å². The molecule has 0 saturated carbocycles. The number of benzene rings is 1. The standard InChI is InChI=1S/C15H13NO3S2/c1-18-14(17)13-7-6-11(19-13)9-21-15-16-12-5-3-2-4-10(12)8-20-15/h2-7H,8-9H2,1H3. The molecule has 108 valence electrons. The lowest BCUT2D eigenvalue weighted by Crippen LogP contribution is -1.98. The van der Waals surface area contributed by atoms with Crippen molar-refractivity contribution in [2.45, 2.75) is 11.5 Å². The Bertz CT molecular complexity index is 694. The summed E-state index contributed by atoms with van der Waals surface area (Å²) in [6, 6.07) is 11.6. The van der Waals surface area contributed by atoms with Crippen LogP contribution in [0.3, 0.4) is 0 Å². The normalized spacial score (nSPS) is 13.5. The van der Waals surface area contributed by atoms with Gasteiger partial charge in [0.1, 0.15) is 10.1 Å². The van der Waals surface area contributed by atoms with Gasteiger partial charge in [0.15, 0.2) is 0 Å². The Morgan fingerprint density at radius 2 is 2.24 bits per heavy atom. The van der Waals surface area contributed by atoms with Gasteiger partial charge in [0.2, 0.25) is 5.76 Å². The number of thioether (sulfide) groups is 2. The van der Waals surface area contributed by atoms with Gasteiger partial charge in [0.05, 0.1) is 18.6 Å². The van der Waals surface area contributed by atoms with Crippen molar-refractivity contribution in [2.24, 2.45) is 4.99 Å². The topological polar surface area (TPSA) is 51.8 Å². The quantitative estimate of drug-likeness (QED) is 0.792. The van der Waals surface area contributed by atoms with Crippen LogP contribution in [0.2, 0.25) is 0 Å². The number of para-hydroxylation sites is 1. The van der Waals surface area contributed by atoms with E-state index in [1.165, 1.54) is 12.7 Å². The van der Waals surface area contributed by atoms with Gasteiger partial charge >= 0.3 is 5.97 Å². The first-order chi connectivity index (χ1) is 10.3. The van der Waals surface area contributed by atoms with Crippen LogP contribution in [0, 0.1) is 0 Å². The fraction of sp³-hybridized carbons (Fsp3) is 0.200. The summed E-state index contributed by atoms with van der Waals surface area (Å²) in [4.78, 5) is 15.9. The number of hydrogen-bond acceptors (Lipinski definition) is 6. The van der Waals surface area contributed by atoms with E-state index in [0.29, 0.717) is 5.75 Å². The number of nitrogens with zero attached hydrogens (tertiary/aromatic N) is 1. The summed E-state index contributed by atoms with van der Waals surface area (Å²) in [7, 11) is 1.34. The number of esters is 1. The molecule has 0 saturated heterocycles. The van der Waals surface area contributed by atoms with E-state index in [4.69, 9.17) is 4.42 Å². The van der Waals surface area contributed by atoms with E-state index in [2.05, 4.69) is 15.8 Å². The number of carbonyl (C=O) groups is 1. The lowest BCUT2D eigenvalue weighted by atomic mass is 10.2. The van der Waals surface area contributed by atoms with Gasteiger partial charge in [-0.2, -0.15) is 0 Å². The minimum absolute atomic E-state index is 0.233. The first-order valence-electron chi connectivity index (χ1n) is 6.35. The first kappa shape index (κ1) is 14.3. The van der Waals surface area contributed by atoms with Crippen molar-refractivity contribution >= 4 is 39.6 Å². The molecule has 0 aliphatic carbocycles. The number of fused-ring (bicyclic) bond motifs is 1. The zero-order chi connectivity index (χ0) is 14.7. The molecule has 0 amide bonds. The third-order valence-electron chi connectivity index (χ3n) is 2.94. The maximum atomic E-state index is 11.3. The molecule has 0 bridgehead atoms. The van der Waals surface area contributed by atoms with Crippen molar-refractivity contribution in [1.29, 1.82) is 0 Å². The maximum absolute atomic E-state index is 11.3. The van der Waals surface area contributed by atoms with Crippen LogP contribution in [-0.2, 0) is 16.2 Å². The van der Waals surface area contributed by atoms with Crippen molar-refractivity contribution in [1.82, 2.24) is 0 Å². The predicted octanol–water partition coefficient (Wildman–Crippen LogP) is 4.23. The summed E-state index contributed by atoms with van der Waals surface area (Å²) in [5.41, 5.74) is 2.30. The summed E-state index contributed by atoms with van der Waals surface area (Å²) in [6.45, 7) is 0. The second kappa shape index (κ2) is 6.41. The molecule has 0 fully saturated rings. The number of ether oxygens (including phenoxy) is 1. The van der Waals surface area contributed by atoms with E-state index in [-0.39, 0.29) is 5.76 Å². The van der Waals surface area contributed by atoms with Gasteiger partial charge < -0.3 is 9.15 Å². The van der Waals surface area contributed by atoms with Gasteiger partial charge in [-0.1, -0.05) is 41.7 Å². The molecule has 0 unspecified atom stereocenters. The first-order valence-corrected chi connectivity index (χ1v) is 8.32. The number of aliphatic imine (C=N–C) groups is 1. The number of methoxy groups -OCH3 is 1. The molecule has 6 heteroatoms. The second-order valence-electron chi connectivity index (χ2n) is 4.34. The minimum atomic E-state index is -0.454. The second-order valence-corrected chi connectivity index (χ2v) is 6.53. The van der Waals surface area contributed by atoms with Gasteiger partial charge in [-0.3, -0.25) is 0 Å². The highest BCUT2D eigenvalue weighted by Gasteiger charge is 2.15. The van der Waals surface area contributed by atoms with Crippen LogP contribution in [0.25, 0.3) is 0 Å². The molecule has 1 aliphatic rings. The zero-order valence-electron chi connectivity index (χ0n) is 11.4. The van der Waals surface area contributed by atoms with Gasteiger partial charge in [0, 0.05) is 5.75 Å². The third kappa shape index (κ3) is 3.33. The molecular weight excluding hydrogens is 306 g/mol. The molecule has 2 heterocycles. The summed E-state index contributed by atoms with van der Waals surface area (Å²) in [6.07, 6.45) is 0. The van der Waals surface area contributed by atoms with Crippen LogP contribution >= 0.6 is 23.5 Å². The number of hydrogen-bond donors (Lipinski definition) is 0. The van der Waals surface area contributed by atoms with Gasteiger partial charge in [-0.05, 0) is 23.8 Å². The molecule has 21 heavy (non-hydrogen) atoms. The van der Waals surface area contributed by atoms with Crippen LogP contribution in [-0.4, -0.2) is 17.5 Å². The third-order valence-corrected chi connectivity index (χ3v) is 5.21. The largest absolute Gasteiger partial charge is 0.463 e. The Kier molecular flexibility index (Phi) is 4.36. The average Bonchev–Trinajstić information content (AvgIpc) is 3.01. The molecule has 4 nitrogen and oxygen atoms in total. The predicted molar refractivity (Wildman–Crippen MR) is 86.2 cm³/mol. The monoisotopic (exact) mass is 319 g/mol.